The van der Waals surface area contributed by atoms with E-state index in [-0.39, 0.29) is 47.7 Å². The fraction of sp³-hybridized carbons (Fsp3) is 0.917. The quantitative estimate of drug-likeness (QED) is 0.129. The molecule has 0 aromatic heterocycles. The van der Waals surface area contributed by atoms with Crippen molar-refractivity contribution in [3.63, 3.8) is 0 Å². The van der Waals surface area contributed by atoms with E-state index in [0.29, 0.717) is 13.2 Å². The molecule has 5 heteroatoms. The van der Waals surface area contributed by atoms with Crippen LogP contribution in [0.2, 0.25) is 0 Å². The summed E-state index contributed by atoms with van der Waals surface area (Å²) in [6, 6.07) is 0. The SMILES string of the molecule is CCCCOC(=O)C(CC)CCCC.CCCCOC(=O)C(CC)CCCC.[Sn]. The number of ether oxygens (including phenoxy) is 2. The van der Waals surface area contributed by atoms with Crippen LogP contribution in [-0.2, 0) is 19.1 Å². The summed E-state index contributed by atoms with van der Waals surface area (Å²) in [4.78, 5) is 23.1. The normalized spacial score (nSPS) is 12.1. The molecule has 0 bridgehead atoms. The predicted octanol–water partition coefficient (Wildman–Crippen LogP) is 6.71. The predicted molar refractivity (Wildman–Crippen MR) is 124 cm³/mol. The Kier molecular flexibility index (Phi) is 29.7. The van der Waals surface area contributed by atoms with Crippen LogP contribution in [0.5, 0.6) is 0 Å². The van der Waals surface area contributed by atoms with E-state index in [1.54, 1.807) is 0 Å². The largest absolute Gasteiger partial charge is 0.465 e. The van der Waals surface area contributed by atoms with Crippen molar-refractivity contribution in [2.45, 2.75) is 119 Å². The molecule has 4 radical (unpaired) electrons. The van der Waals surface area contributed by atoms with E-state index in [1.165, 1.54) is 0 Å². The van der Waals surface area contributed by atoms with Gasteiger partial charge in [-0.25, -0.2) is 0 Å². The fourth-order valence-corrected chi connectivity index (χ4v) is 2.75. The number of carbonyl (C=O) groups is 2. The molecule has 0 aromatic rings. The number of rotatable bonds is 16. The first kappa shape index (κ1) is 33.4. The van der Waals surface area contributed by atoms with Gasteiger partial charge in [-0.3, -0.25) is 9.59 Å². The molecule has 0 spiro atoms. The van der Waals surface area contributed by atoms with E-state index in [1.807, 2.05) is 0 Å². The van der Waals surface area contributed by atoms with Crippen molar-refractivity contribution in [2.24, 2.45) is 11.8 Å². The molecule has 0 heterocycles. The van der Waals surface area contributed by atoms with Crippen LogP contribution in [-0.4, -0.2) is 49.1 Å². The van der Waals surface area contributed by atoms with Crippen LogP contribution in [0.4, 0.5) is 0 Å². The van der Waals surface area contributed by atoms with Crippen molar-refractivity contribution in [3.8, 4) is 0 Å². The van der Waals surface area contributed by atoms with Gasteiger partial charge in [0, 0.05) is 23.9 Å². The van der Waals surface area contributed by atoms with Gasteiger partial charge in [-0.1, -0.05) is 80.1 Å². The van der Waals surface area contributed by atoms with Gasteiger partial charge < -0.3 is 9.47 Å². The molecule has 0 aliphatic heterocycles. The van der Waals surface area contributed by atoms with Crippen LogP contribution in [0, 0.1) is 11.8 Å². The van der Waals surface area contributed by atoms with E-state index in [4.69, 9.17) is 9.47 Å². The van der Waals surface area contributed by atoms with Gasteiger partial charge in [-0.05, 0) is 38.5 Å². The third-order valence-corrected chi connectivity index (χ3v) is 4.95. The minimum absolute atomic E-state index is 0. The average Bonchev–Trinajstić information content (AvgIpc) is 2.70. The minimum Gasteiger partial charge on any atom is -0.465 e. The third kappa shape index (κ3) is 20.8. The summed E-state index contributed by atoms with van der Waals surface area (Å²) in [5, 5.41) is 0. The second kappa shape index (κ2) is 25.8. The molecule has 2 atom stereocenters. The zero-order chi connectivity index (χ0) is 21.6. The first-order valence-electron chi connectivity index (χ1n) is 11.8. The monoisotopic (exact) mass is 520 g/mol. The van der Waals surface area contributed by atoms with Crippen LogP contribution in [0.15, 0.2) is 0 Å². The van der Waals surface area contributed by atoms with Gasteiger partial charge >= 0.3 is 11.9 Å². The first-order chi connectivity index (χ1) is 13.5. The van der Waals surface area contributed by atoms with Gasteiger partial charge in [0.1, 0.15) is 0 Å². The summed E-state index contributed by atoms with van der Waals surface area (Å²) in [6.07, 6.45) is 12.5. The number of hydrogen-bond donors (Lipinski definition) is 0. The number of unbranched alkanes of at least 4 members (excludes halogenated alkanes) is 4. The molecule has 0 saturated heterocycles. The van der Waals surface area contributed by atoms with Gasteiger partial charge in [-0.2, -0.15) is 0 Å². The zero-order valence-corrected chi connectivity index (χ0v) is 23.0. The van der Waals surface area contributed by atoms with E-state index in [0.717, 1.165) is 77.0 Å². The standard InChI is InChI=1S/2C12H24O2.Sn/c2*1-4-7-9-11(6-3)12(13)14-10-8-5-2;/h2*11H,4-10H2,1-3H3;. The number of hydrogen-bond acceptors (Lipinski definition) is 4. The minimum atomic E-state index is 0. The van der Waals surface area contributed by atoms with Gasteiger partial charge in [0.25, 0.3) is 0 Å². The molecule has 0 aromatic carbocycles. The zero-order valence-electron chi connectivity index (χ0n) is 20.2. The Hall–Kier alpha value is -0.261. The first-order valence-corrected chi connectivity index (χ1v) is 11.8. The van der Waals surface area contributed by atoms with Crippen LogP contribution in [0.3, 0.4) is 0 Å². The van der Waals surface area contributed by atoms with Gasteiger partial charge in [0.2, 0.25) is 0 Å². The fourth-order valence-electron chi connectivity index (χ4n) is 2.75. The van der Waals surface area contributed by atoms with Gasteiger partial charge in [-0.15, -0.1) is 0 Å². The van der Waals surface area contributed by atoms with Crippen molar-refractivity contribution in [3.05, 3.63) is 0 Å². The van der Waals surface area contributed by atoms with E-state index in [9.17, 15) is 9.59 Å². The second-order valence-electron chi connectivity index (χ2n) is 7.54. The molecule has 0 fully saturated rings. The molecular weight excluding hydrogens is 471 g/mol. The molecule has 2 unspecified atom stereocenters. The Morgan fingerprint density at radius 1 is 0.586 bits per heavy atom. The molecule has 0 amide bonds. The van der Waals surface area contributed by atoms with Crippen molar-refractivity contribution in [2.75, 3.05) is 13.2 Å². The average molecular weight is 519 g/mol. The molecule has 172 valence electrons. The van der Waals surface area contributed by atoms with E-state index in [2.05, 4.69) is 41.5 Å². The Labute approximate surface area is 198 Å². The maximum Gasteiger partial charge on any atom is 0.308 e. The van der Waals surface area contributed by atoms with E-state index < -0.39 is 0 Å². The summed E-state index contributed by atoms with van der Waals surface area (Å²) in [7, 11) is 0. The molecule has 0 aliphatic carbocycles. The molecule has 0 rings (SSSR count). The molecule has 29 heavy (non-hydrogen) atoms. The Bertz CT molecular complexity index is 327. The summed E-state index contributed by atoms with van der Waals surface area (Å²) < 4.78 is 10.4. The summed E-state index contributed by atoms with van der Waals surface area (Å²) in [5.41, 5.74) is 0. The van der Waals surface area contributed by atoms with Gasteiger partial charge in [0.05, 0.1) is 25.0 Å². The van der Waals surface area contributed by atoms with Crippen LogP contribution < -0.4 is 0 Å². The Morgan fingerprint density at radius 3 is 1.14 bits per heavy atom. The Balaban J connectivity index is -0.000000451. The molecule has 4 nitrogen and oxygen atoms in total. The topological polar surface area (TPSA) is 52.6 Å². The molecule has 0 saturated carbocycles. The number of carbonyl (C=O) groups excluding carboxylic acids is 2. The maximum atomic E-state index is 11.5. The second-order valence-corrected chi connectivity index (χ2v) is 7.54. The van der Waals surface area contributed by atoms with Gasteiger partial charge in [0.15, 0.2) is 0 Å². The molecule has 0 N–H and O–H groups in total. The van der Waals surface area contributed by atoms with E-state index >= 15 is 0 Å². The summed E-state index contributed by atoms with van der Waals surface area (Å²) >= 11 is 0. The summed E-state index contributed by atoms with van der Waals surface area (Å²) in [5.74, 6) is 0.280. The van der Waals surface area contributed by atoms with Crippen LogP contribution in [0.25, 0.3) is 0 Å². The molecule has 0 aliphatic rings. The smallest absolute Gasteiger partial charge is 0.308 e. The van der Waals surface area contributed by atoms with Crippen LogP contribution in [0.1, 0.15) is 119 Å². The van der Waals surface area contributed by atoms with Crippen molar-refractivity contribution in [1.82, 2.24) is 0 Å². The van der Waals surface area contributed by atoms with Crippen molar-refractivity contribution >= 4 is 35.8 Å². The number of esters is 2. The maximum absolute atomic E-state index is 11.5. The molecular formula is C24H48O4Sn. The summed E-state index contributed by atoms with van der Waals surface area (Å²) in [6.45, 7) is 13.8. The third-order valence-electron chi connectivity index (χ3n) is 4.95. The van der Waals surface area contributed by atoms with Crippen LogP contribution >= 0.6 is 0 Å². The van der Waals surface area contributed by atoms with Crippen molar-refractivity contribution in [1.29, 1.82) is 0 Å². The Morgan fingerprint density at radius 2 is 0.897 bits per heavy atom. The van der Waals surface area contributed by atoms with Crippen molar-refractivity contribution < 1.29 is 19.1 Å².